The van der Waals surface area contributed by atoms with Crippen LogP contribution in [0.4, 0.5) is 11.4 Å². The van der Waals surface area contributed by atoms with E-state index in [0.29, 0.717) is 4.47 Å². The van der Waals surface area contributed by atoms with Crippen molar-refractivity contribution in [2.75, 3.05) is 5.32 Å². The summed E-state index contributed by atoms with van der Waals surface area (Å²) in [6, 6.07) is 3.90. The van der Waals surface area contributed by atoms with E-state index in [9.17, 15) is 19.7 Å². The number of nitro groups is 1. The molecule has 1 aromatic heterocycles. The molecule has 0 atom stereocenters. The molecule has 0 unspecified atom stereocenters. The summed E-state index contributed by atoms with van der Waals surface area (Å²) in [5, 5.41) is 23.0. The van der Waals surface area contributed by atoms with Crippen molar-refractivity contribution in [2.45, 2.75) is 0 Å². The summed E-state index contributed by atoms with van der Waals surface area (Å²) in [6.07, 6.45) is 0. The number of carbonyl (C=O) groups is 2. The Hall–Kier alpha value is -2.33. The fourth-order valence-corrected chi connectivity index (χ4v) is 2.37. The second-order valence-electron chi connectivity index (χ2n) is 3.72. The third kappa shape index (κ3) is 3.41. The van der Waals surface area contributed by atoms with Crippen LogP contribution in [0.15, 0.2) is 28.1 Å². The van der Waals surface area contributed by atoms with E-state index in [-0.39, 0.29) is 22.1 Å². The summed E-state index contributed by atoms with van der Waals surface area (Å²) in [5.41, 5.74) is -0.0621. The average Bonchev–Trinajstić information content (AvgIpc) is 2.90. The zero-order valence-corrected chi connectivity index (χ0v) is 12.5. The second kappa shape index (κ2) is 5.97. The summed E-state index contributed by atoms with van der Waals surface area (Å²) in [4.78, 5) is 36.4. The van der Waals surface area contributed by atoms with Gasteiger partial charge in [-0.25, -0.2) is 9.78 Å². The fraction of sp³-hybridized carbons (Fsp3) is 0. The van der Waals surface area contributed by atoms with E-state index < -0.39 is 16.8 Å². The molecule has 0 spiro atoms. The molecule has 0 fully saturated rings. The topological polar surface area (TPSA) is 122 Å². The maximum atomic E-state index is 11.9. The van der Waals surface area contributed by atoms with Crippen LogP contribution in [0.5, 0.6) is 0 Å². The number of rotatable bonds is 4. The highest BCUT2D eigenvalue weighted by molar-refractivity contribution is 9.10. The van der Waals surface area contributed by atoms with E-state index in [4.69, 9.17) is 5.11 Å². The molecule has 2 N–H and O–H groups in total. The second-order valence-corrected chi connectivity index (χ2v) is 5.43. The number of nitrogens with zero attached hydrogens (tertiary/aromatic N) is 2. The van der Waals surface area contributed by atoms with Gasteiger partial charge in [0.15, 0.2) is 0 Å². The number of hydrogen-bond acceptors (Lipinski definition) is 6. The first-order valence-corrected chi connectivity index (χ1v) is 7.00. The minimum absolute atomic E-state index is 0.0733. The van der Waals surface area contributed by atoms with Gasteiger partial charge in [-0.05, 0) is 22.0 Å². The SMILES string of the molecule is O=C(Nc1cc([N+](=O)[O-])ccc1Br)c1csc(C(=O)O)n1. The summed E-state index contributed by atoms with van der Waals surface area (Å²) in [6.45, 7) is 0. The number of thiazole rings is 1. The van der Waals surface area contributed by atoms with Crippen molar-refractivity contribution in [1.82, 2.24) is 4.98 Å². The molecule has 0 radical (unpaired) electrons. The van der Waals surface area contributed by atoms with E-state index in [1.807, 2.05) is 0 Å². The Balaban J connectivity index is 2.24. The highest BCUT2D eigenvalue weighted by Gasteiger charge is 2.17. The molecule has 1 heterocycles. The third-order valence-corrected chi connectivity index (χ3v) is 3.85. The Kier molecular flexibility index (Phi) is 4.29. The van der Waals surface area contributed by atoms with Gasteiger partial charge in [0.2, 0.25) is 5.01 Å². The Morgan fingerprint density at radius 2 is 2.14 bits per heavy atom. The number of nitro benzene ring substituents is 1. The Labute approximate surface area is 129 Å². The lowest BCUT2D eigenvalue weighted by atomic mass is 10.2. The summed E-state index contributed by atoms with van der Waals surface area (Å²) < 4.78 is 0.454. The number of aromatic carboxylic acids is 1. The smallest absolute Gasteiger partial charge is 0.365 e. The van der Waals surface area contributed by atoms with Crippen LogP contribution in [0.1, 0.15) is 20.3 Å². The Bertz CT molecular complexity index is 745. The number of carboxylic acids is 1. The van der Waals surface area contributed by atoms with Crippen LogP contribution in [0, 0.1) is 10.1 Å². The number of hydrogen-bond donors (Lipinski definition) is 2. The van der Waals surface area contributed by atoms with Gasteiger partial charge in [-0.1, -0.05) is 0 Å². The van der Waals surface area contributed by atoms with E-state index in [1.165, 1.54) is 23.6 Å². The zero-order valence-electron chi connectivity index (χ0n) is 10.1. The van der Waals surface area contributed by atoms with Crippen LogP contribution in [0.25, 0.3) is 0 Å². The quantitative estimate of drug-likeness (QED) is 0.629. The molecule has 2 rings (SSSR count). The van der Waals surface area contributed by atoms with Crippen molar-refractivity contribution in [3.63, 3.8) is 0 Å². The molecule has 0 saturated heterocycles. The first kappa shape index (κ1) is 15.1. The Morgan fingerprint density at radius 3 is 2.71 bits per heavy atom. The van der Waals surface area contributed by atoms with E-state index in [2.05, 4.69) is 26.2 Å². The van der Waals surface area contributed by atoms with Gasteiger partial charge in [0.25, 0.3) is 11.6 Å². The van der Waals surface area contributed by atoms with Gasteiger partial charge < -0.3 is 10.4 Å². The van der Waals surface area contributed by atoms with Gasteiger partial charge in [0, 0.05) is 22.0 Å². The standard InChI is InChI=1S/C11H6BrN3O5S/c12-6-2-1-5(15(19)20)3-7(6)13-9(16)8-4-21-10(14-8)11(17)18/h1-4H,(H,13,16)(H,17,18). The van der Waals surface area contributed by atoms with Crippen LogP contribution in [-0.4, -0.2) is 26.9 Å². The maximum absolute atomic E-state index is 11.9. The molecule has 0 aliphatic rings. The lowest BCUT2D eigenvalue weighted by Crippen LogP contribution is -2.13. The third-order valence-electron chi connectivity index (χ3n) is 2.33. The van der Waals surface area contributed by atoms with Crippen molar-refractivity contribution in [2.24, 2.45) is 0 Å². The molecule has 8 nitrogen and oxygen atoms in total. The number of halogens is 1. The van der Waals surface area contributed by atoms with Gasteiger partial charge in [-0.3, -0.25) is 14.9 Å². The molecule has 0 saturated carbocycles. The maximum Gasteiger partial charge on any atom is 0.365 e. The van der Waals surface area contributed by atoms with Gasteiger partial charge in [0.1, 0.15) is 5.69 Å². The van der Waals surface area contributed by atoms with E-state index >= 15 is 0 Å². The van der Waals surface area contributed by atoms with Gasteiger partial charge >= 0.3 is 5.97 Å². The minimum Gasteiger partial charge on any atom is -0.476 e. The van der Waals surface area contributed by atoms with Crippen molar-refractivity contribution in [3.05, 3.63) is 48.9 Å². The molecule has 0 aliphatic carbocycles. The molecule has 2 aromatic rings. The zero-order chi connectivity index (χ0) is 15.6. The number of carboxylic acid groups (broad SMARTS) is 1. The predicted molar refractivity (Wildman–Crippen MR) is 77.8 cm³/mol. The molecule has 21 heavy (non-hydrogen) atoms. The molecule has 1 aromatic carbocycles. The summed E-state index contributed by atoms with van der Waals surface area (Å²) in [5.74, 6) is -1.88. The Morgan fingerprint density at radius 1 is 1.43 bits per heavy atom. The summed E-state index contributed by atoms with van der Waals surface area (Å²) >= 11 is 3.98. The largest absolute Gasteiger partial charge is 0.476 e. The van der Waals surface area contributed by atoms with Crippen LogP contribution < -0.4 is 5.32 Å². The number of carbonyl (C=O) groups excluding carboxylic acids is 1. The first-order valence-electron chi connectivity index (χ1n) is 5.32. The minimum atomic E-state index is -1.23. The van der Waals surface area contributed by atoms with Crippen LogP contribution in [0.2, 0.25) is 0 Å². The van der Waals surface area contributed by atoms with Crippen molar-refractivity contribution in [1.29, 1.82) is 0 Å². The van der Waals surface area contributed by atoms with E-state index in [1.54, 1.807) is 0 Å². The number of amides is 1. The molecule has 1 amide bonds. The summed E-state index contributed by atoms with van der Waals surface area (Å²) in [7, 11) is 0. The molecule has 10 heteroatoms. The number of nitrogens with one attached hydrogen (secondary N) is 1. The van der Waals surface area contributed by atoms with Crippen LogP contribution >= 0.6 is 27.3 Å². The van der Waals surface area contributed by atoms with E-state index in [0.717, 1.165) is 11.3 Å². The van der Waals surface area contributed by atoms with Crippen molar-refractivity contribution >= 4 is 50.5 Å². The number of anilines is 1. The van der Waals surface area contributed by atoms with Crippen LogP contribution in [-0.2, 0) is 0 Å². The van der Waals surface area contributed by atoms with Crippen LogP contribution in [0.3, 0.4) is 0 Å². The van der Waals surface area contributed by atoms with Gasteiger partial charge in [-0.15, -0.1) is 11.3 Å². The molecule has 0 bridgehead atoms. The predicted octanol–water partition coefficient (Wildman–Crippen LogP) is 2.76. The van der Waals surface area contributed by atoms with Crippen molar-refractivity contribution in [3.8, 4) is 0 Å². The first-order chi connectivity index (χ1) is 9.88. The fourth-order valence-electron chi connectivity index (χ4n) is 1.39. The molecular weight excluding hydrogens is 366 g/mol. The molecular formula is C11H6BrN3O5S. The normalized spacial score (nSPS) is 10.1. The van der Waals surface area contributed by atoms with Gasteiger partial charge in [-0.2, -0.15) is 0 Å². The number of aromatic nitrogens is 1. The molecule has 0 aliphatic heterocycles. The van der Waals surface area contributed by atoms with Gasteiger partial charge in [0.05, 0.1) is 10.6 Å². The number of benzene rings is 1. The monoisotopic (exact) mass is 371 g/mol. The highest BCUT2D eigenvalue weighted by Crippen LogP contribution is 2.27. The van der Waals surface area contributed by atoms with Crippen molar-refractivity contribution < 1.29 is 19.6 Å². The number of non-ortho nitro benzene ring substituents is 1. The lowest BCUT2D eigenvalue weighted by Gasteiger charge is -2.05. The average molecular weight is 372 g/mol. The molecule has 108 valence electrons. The highest BCUT2D eigenvalue weighted by atomic mass is 79.9. The lowest BCUT2D eigenvalue weighted by molar-refractivity contribution is -0.384.